The van der Waals surface area contributed by atoms with Gasteiger partial charge < -0.3 is 14.8 Å². The highest BCUT2D eigenvalue weighted by Gasteiger charge is 2.29. The lowest BCUT2D eigenvalue weighted by molar-refractivity contribution is 0.0753. The molecule has 3 aromatic heterocycles. The number of aromatic amines is 1. The number of aromatic nitrogens is 4. The second-order valence-corrected chi connectivity index (χ2v) is 10.5. The van der Waals surface area contributed by atoms with E-state index in [1.165, 1.54) is 73.9 Å². The van der Waals surface area contributed by atoms with E-state index >= 15 is 0 Å². The molecular formula is C28H36N6. The number of rotatable bonds is 4. The van der Waals surface area contributed by atoms with Crippen molar-refractivity contribution in [3.05, 3.63) is 54.0 Å². The SMILES string of the molecule is Cc1c(-c2ccnn3ccnc23)[nH]c2ccc(C3CCN(C4CCN(C(C)C)CC4)CC3)cc12. The number of fused-ring (bicyclic) bond motifs is 2. The Kier molecular flexibility index (Phi) is 5.66. The standard InChI is InChI=1S/C28H36N6/c1-19(2)32-15-9-23(10-16-32)33-13-7-21(8-14-33)22-4-5-26-25(18-22)20(3)27(31-26)24-6-11-30-34-17-12-29-28(24)34/h4-6,11-12,17-19,21,23,31H,7-10,13-16H2,1-3H3. The van der Waals surface area contributed by atoms with Gasteiger partial charge in [0.05, 0.1) is 5.69 Å². The molecular weight excluding hydrogens is 420 g/mol. The summed E-state index contributed by atoms with van der Waals surface area (Å²) in [4.78, 5) is 13.6. The van der Waals surface area contributed by atoms with Crippen LogP contribution in [0.15, 0.2) is 42.9 Å². The van der Waals surface area contributed by atoms with Gasteiger partial charge in [-0.2, -0.15) is 5.10 Å². The number of imidazole rings is 1. The molecule has 6 rings (SSSR count). The maximum absolute atomic E-state index is 4.53. The molecule has 2 aliphatic heterocycles. The molecule has 2 aliphatic rings. The van der Waals surface area contributed by atoms with E-state index in [0.29, 0.717) is 12.0 Å². The molecule has 0 aliphatic carbocycles. The Morgan fingerprint density at radius 2 is 1.76 bits per heavy atom. The van der Waals surface area contributed by atoms with E-state index in [0.717, 1.165) is 22.9 Å². The second kappa shape index (κ2) is 8.82. The Morgan fingerprint density at radius 1 is 0.971 bits per heavy atom. The largest absolute Gasteiger partial charge is 0.354 e. The molecule has 2 saturated heterocycles. The summed E-state index contributed by atoms with van der Waals surface area (Å²) in [5.41, 5.74) is 7.13. The zero-order valence-corrected chi connectivity index (χ0v) is 20.7. The first kappa shape index (κ1) is 21.8. The monoisotopic (exact) mass is 456 g/mol. The van der Waals surface area contributed by atoms with Crippen molar-refractivity contribution in [2.75, 3.05) is 26.2 Å². The van der Waals surface area contributed by atoms with Crippen molar-refractivity contribution in [1.82, 2.24) is 29.4 Å². The molecule has 4 aromatic rings. The van der Waals surface area contributed by atoms with Crippen LogP contribution in [0.25, 0.3) is 27.8 Å². The summed E-state index contributed by atoms with van der Waals surface area (Å²) in [5.74, 6) is 0.661. The number of nitrogens with zero attached hydrogens (tertiary/aromatic N) is 5. The topological polar surface area (TPSA) is 52.5 Å². The van der Waals surface area contributed by atoms with Gasteiger partial charge in [-0.1, -0.05) is 6.07 Å². The van der Waals surface area contributed by atoms with Crippen LogP contribution in [0, 0.1) is 6.92 Å². The summed E-state index contributed by atoms with van der Waals surface area (Å²) < 4.78 is 1.84. The fourth-order valence-electron chi connectivity index (χ4n) is 6.27. The minimum atomic E-state index is 0.661. The zero-order valence-electron chi connectivity index (χ0n) is 20.7. The number of hydrogen-bond acceptors (Lipinski definition) is 4. The summed E-state index contributed by atoms with van der Waals surface area (Å²) in [6, 6.07) is 10.6. The minimum Gasteiger partial charge on any atom is -0.354 e. The predicted molar refractivity (Wildman–Crippen MR) is 138 cm³/mol. The third-order valence-electron chi connectivity index (χ3n) is 8.39. The number of likely N-dealkylation sites (tertiary alicyclic amines) is 2. The summed E-state index contributed by atoms with van der Waals surface area (Å²) in [7, 11) is 0. The number of piperidine rings is 2. The van der Waals surface area contributed by atoms with Gasteiger partial charge in [-0.25, -0.2) is 9.50 Å². The number of hydrogen-bond donors (Lipinski definition) is 1. The van der Waals surface area contributed by atoms with Gasteiger partial charge in [0.2, 0.25) is 0 Å². The van der Waals surface area contributed by atoms with E-state index in [2.05, 4.69) is 69.9 Å². The molecule has 6 nitrogen and oxygen atoms in total. The lowest BCUT2D eigenvalue weighted by Crippen LogP contribution is -2.48. The minimum absolute atomic E-state index is 0.661. The average Bonchev–Trinajstić information content (AvgIpc) is 3.48. The highest BCUT2D eigenvalue weighted by atomic mass is 15.2. The predicted octanol–water partition coefficient (Wildman–Crippen LogP) is 5.24. The second-order valence-electron chi connectivity index (χ2n) is 10.5. The van der Waals surface area contributed by atoms with Gasteiger partial charge in [-0.15, -0.1) is 0 Å². The normalized spacial score (nSPS) is 19.6. The summed E-state index contributed by atoms with van der Waals surface area (Å²) in [6.07, 6.45) is 10.8. The molecule has 0 unspecified atom stereocenters. The molecule has 2 fully saturated rings. The number of benzene rings is 1. The van der Waals surface area contributed by atoms with Crippen LogP contribution in [-0.2, 0) is 0 Å². The van der Waals surface area contributed by atoms with Gasteiger partial charge in [0.1, 0.15) is 0 Å². The third kappa shape index (κ3) is 3.83. The zero-order chi connectivity index (χ0) is 23.2. The molecule has 5 heterocycles. The molecule has 0 spiro atoms. The molecule has 34 heavy (non-hydrogen) atoms. The molecule has 1 aromatic carbocycles. The number of H-pyrrole nitrogens is 1. The summed E-state index contributed by atoms with van der Waals surface area (Å²) in [5, 5.41) is 5.70. The van der Waals surface area contributed by atoms with E-state index in [1.54, 1.807) is 0 Å². The van der Waals surface area contributed by atoms with Crippen LogP contribution < -0.4 is 0 Å². The van der Waals surface area contributed by atoms with Gasteiger partial charge >= 0.3 is 0 Å². The van der Waals surface area contributed by atoms with Crippen molar-refractivity contribution >= 4 is 16.6 Å². The van der Waals surface area contributed by atoms with Crippen LogP contribution in [0.3, 0.4) is 0 Å². The van der Waals surface area contributed by atoms with Crippen LogP contribution in [0.5, 0.6) is 0 Å². The quantitative estimate of drug-likeness (QED) is 0.456. The number of nitrogens with one attached hydrogen (secondary N) is 1. The first-order valence-corrected chi connectivity index (χ1v) is 13.0. The van der Waals surface area contributed by atoms with E-state index in [4.69, 9.17) is 0 Å². The van der Waals surface area contributed by atoms with Crippen LogP contribution in [0.2, 0.25) is 0 Å². The average molecular weight is 457 g/mol. The maximum Gasteiger partial charge on any atom is 0.162 e. The first-order valence-electron chi connectivity index (χ1n) is 13.0. The van der Waals surface area contributed by atoms with E-state index in [-0.39, 0.29) is 0 Å². The molecule has 0 saturated carbocycles. The van der Waals surface area contributed by atoms with E-state index < -0.39 is 0 Å². The van der Waals surface area contributed by atoms with Gasteiger partial charge in [-0.3, -0.25) is 0 Å². The van der Waals surface area contributed by atoms with Crippen molar-refractivity contribution < 1.29 is 0 Å². The highest BCUT2D eigenvalue weighted by molar-refractivity contribution is 5.93. The molecule has 178 valence electrons. The van der Waals surface area contributed by atoms with Crippen molar-refractivity contribution in [3.63, 3.8) is 0 Å². The summed E-state index contributed by atoms with van der Waals surface area (Å²) in [6.45, 7) is 11.9. The Morgan fingerprint density at radius 3 is 2.53 bits per heavy atom. The van der Waals surface area contributed by atoms with Gasteiger partial charge in [0, 0.05) is 47.1 Å². The molecule has 0 atom stereocenters. The van der Waals surface area contributed by atoms with Crippen LogP contribution in [-0.4, -0.2) is 67.6 Å². The smallest absolute Gasteiger partial charge is 0.162 e. The van der Waals surface area contributed by atoms with Crippen molar-refractivity contribution in [2.24, 2.45) is 0 Å². The Hall–Kier alpha value is -2.70. The van der Waals surface area contributed by atoms with Crippen LogP contribution in [0.4, 0.5) is 0 Å². The van der Waals surface area contributed by atoms with Crippen molar-refractivity contribution in [2.45, 2.75) is 64.5 Å². The Bertz CT molecular complexity index is 1280. The van der Waals surface area contributed by atoms with Crippen molar-refractivity contribution in [1.29, 1.82) is 0 Å². The molecule has 0 bridgehead atoms. The lowest BCUT2D eigenvalue weighted by atomic mass is 9.87. The third-order valence-corrected chi connectivity index (χ3v) is 8.39. The van der Waals surface area contributed by atoms with Gasteiger partial charge in [0.15, 0.2) is 5.65 Å². The fraction of sp³-hybridized carbons (Fsp3) is 0.500. The number of aryl methyl sites for hydroxylation is 1. The molecule has 0 radical (unpaired) electrons. The van der Waals surface area contributed by atoms with E-state index in [1.807, 2.05) is 23.1 Å². The van der Waals surface area contributed by atoms with E-state index in [9.17, 15) is 0 Å². The molecule has 6 heteroatoms. The molecule has 1 N–H and O–H groups in total. The fourth-order valence-corrected chi connectivity index (χ4v) is 6.27. The Labute approximate surface area is 202 Å². The molecule has 0 amide bonds. The van der Waals surface area contributed by atoms with Crippen LogP contribution in [0.1, 0.15) is 56.6 Å². The Balaban J connectivity index is 1.19. The van der Waals surface area contributed by atoms with Crippen LogP contribution >= 0.6 is 0 Å². The maximum atomic E-state index is 4.53. The first-order chi connectivity index (χ1) is 16.6. The highest BCUT2D eigenvalue weighted by Crippen LogP contribution is 2.36. The lowest BCUT2D eigenvalue weighted by Gasteiger charge is -2.42. The summed E-state index contributed by atoms with van der Waals surface area (Å²) >= 11 is 0. The van der Waals surface area contributed by atoms with Gasteiger partial charge in [-0.05, 0) is 108 Å². The van der Waals surface area contributed by atoms with Crippen molar-refractivity contribution in [3.8, 4) is 11.3 Å². The van der Waals surface area contributed by atoms with Gasteiger partial charge in [0.25, 0.3) is 0 Å².